The van der Waals surface area contributed by atoms with Crippen molar-refractivity contribution >= 4 is 33.8 Å². The fraction of sp³-hybridized carbons (Fsp3) is 0.0833. The summed E-state index contributed by atoms with van der Waals surface area (Å²) in [5.41, 5.74) is 14.2. The van der Waals surface area contributed by atoms with Crippen LogP contribution in [0.5, 0.6) is 0 Å². The van der Waals surface area contributed by atoms with Crippen LogP contribution in [0, 0.1) is 0 Å². The normalized spacial score (nSPS) is 17.5. The Morgan fingerprint density at radius 3 is 1.87 bits per heavy atom. The van der Waals surface area contributed by atoms with Gasteiger partial charge in [0.2, 0.25) is 0 Å². The SMILES string of the molecule is CN1c2cc3ccccc3cc2C2=C(SC3CC=CC=C23)C1c1ccc(-c2cc(-c3ccc(-c4ccccc4)cc3)nc(-c3ccccc3)n2)cc1. The topological polar surface area (TPSA) is 29.0 Å². The third kappa shape index (κ3) is 5.30. The Bertz CT molecular complexity index is 2570. The Balaban J connectivity index is 1.05. The van der Waals surface area contributed by atoms with Gasteiger partial charge in [-0.25, -0.2) is 9.97 Å². The molecule has 3 nitrogen and oxygen atoms in total. The summed E-state index contributed by atoms with van der Waals surface area (Å²) < 4.78 is 0. The van der Waals surface area contributed by atoms with Crippen molar-refractivity contribution in [3.05, 3.63) is 191 Å². The van der Waals surface area contributed by atoms with E-state index in [-0.39, 0.29) is 6.04 Å². The molecule has 3 aliphatic rings. The number of nitrogens with zero attached hydrogens (tertiary/aromatic N) is 3. The Hall–Kier alpha value is -5.97. The van der Waals surface area contributed by atoms with Crippen molar-refractivity contribution in [3.8, 4) is 45.0 Å². The quantitative estimate of drug-likeness (QED) is 0.180. The van der Waals surface area contributed by atoms with E-state index in [1.165, 1.54) is 54.8 Å². The molecule has 0 amide bonds. The van der Waals surface area contributed by atoms with Crippen LogP contribution in [0.4, 0.5) is 5.69 Å². The first-order valence-electron chi connectivity index (χ1n) is 17.9. The van der Waals surface area contributed by atoms with Crippen LogP contribution in [0.15, 0.2) is 180 Å². The first-order chi connectivity index (χ1) is 25.7. The van der Waals surface area contributed by atoms with Gasteiger partial charge in [0, 0.05) is 50.7 Å². The summed E-state index contributed by atoms with van der Waals surface area (Å²) in [6.45, 7) is 0. The smallest absolute Gasteiger partial charge is 0.160 e. The zero-order chi connectivity index (χ0) is 34.6. The van der Waals surface area contributed by atoms with Crippen LogP contribution in [0.25, 0.3) is 61.4 Å². The third-order valence-electron chi connectivity index (χ3n) is 10.6. The molecule has 2 aliphatic heterocycles. The molecule has 0 fully saturated rings. The molecule has 3 heterocycles. The van der Waals surface area contributed by atoms with E-state index in [4.69, 9.17) is 9.97 Å². The van der Waals surface area contributed by atoms with Crippen LogP contribution in [0.3, 0.4) is 0 Å². The lowest BCUT2D eigenvalue weighted by atomic mass is 9.84. The summed E-state index contributed by atoms with van der Waals surface area (Å²) in [6, 6.07) is 54.3. The molecule has 0 N–H and O–H groups in total. The number of allylic oxidation sites excluding steroid dienone is 4. The lowest BCUT2D eigenvalue weighted by molar-refractivity contribution is 0.793. The molecule has 0 bridgehead atoms. The monoisotopic (exact) mass is 685 g/mol. The predicted octanol–water partition coefficient (Wildman–Crippen LogP) is 12.2. The Labute approximate surface area is 308 Å². The fourth-order valence-electron chi connectivity index (χ4n) is 7.98. The van der Waals surface area contributed by atoms with Gasteiger partial charge in [0.1, 0.15) is 0 Å². The minimum absolute atomic E-state index is 0.123. The van der Waals surface area contributed by atoms with Gasteiger partial charge in [0.05, 0.1) is 17.4 Å². The summed E-state index contributed by atoms with van der Waals surface area (Å²) in [5, 5.41) is 3.02. The van der Waals surface area contributed by atoms with Crippen LogP contribution in [-0.4, -0.2) is 22.3 Å². The number of rotatable bonds is 5. The van der Waals surface area contributed by atoms with Crippen molar-refractivity contribution in [1.82, 2.24) is 9.97 Å². The highest BCUT2D eigenvalue weighted by molar-refractivity contribution is 8.04. The minimum Gasteiger partial charge on any atom is -0.362 e. The third-order valence-corrected chi connectivity index (χ3v) is 12.0. The molecule has 2 atom stereocenters. The maximum atomic E-state index is 5.13. The van der Waals surface area contributed by atoms with E-state index in [9.17, 15) is 0 Å². The maximum Gasteiger partial charge on any atom is 0.160 e. The number of fused-ring (bicyclic) bond motifs is 5. The molecule has 0 saturated heterocycles. The highest BCUT2D eigenvalue weighted by atomic mass is 32.2. The van der Waals surface area contributed by atoms with Crippen LogP contribution >= 0.6 is 11.8 Å². The standard InChI is InChI=1S/C48H35N3S/c1-51-43-29-38-17-9-8-16-37(38)28-40(43)45-39-18-10-11-19-44(39)52-47(45)46(51)35-26-24-34(25-27-35)42-30-41(49-48(50-42)36-14-6-3-7-15-36)33-22-20-32(21-23-33)31-12-4-2-5-13-31/h2-18,20-30,44,46H,19H2,1H3. The van der Waals surface area contributed by atoms with Crippen molar-refractivity contribution in [1.29, 1.82) is 0 Å². The predicted molar refractivity (Wildman–Crippen MR) is 219 cm³/mol. The molecule has 1 aliphatic carbocycles. The summed E-state index contributed by atoms with van der Waals surface area (Å²) >= 11 is 2.05. The number of likely N-dealkylation sites (N-methyl/N-ethyl adjacent to an activating group) is 1. The van der Waals surface area contributed by atoms with E-state index in [0.717, 1.165) is 40.3 Å². The van der Waals surface area contributed by atoms with E-state index in [0.29, 0.717) is 5.25 Å². The van der Waals surface area contributed by atoms with Gasteiger partial charge in [0.15, 0.2) is 5.82 Å². The molecule has 6 aromatic carbocycles. The Kier molecular flexibility index (Phi) is 7.51. The molecule has 52 heavy (non-hydrogen) atoms. The molecule has 4 heteroatoms. The second-order valence-electron chi connectivity index (χ2n) is 13.8. The first kappa shape index (κ1) is 30.8. The number of hydrogen-bond acceptors (Lipinski definition) is 4. The van der Waals surface area contributed by atoms with Gasteiger partial charge in [-0.15, -0.1) is 11.8 Å². The lowest BCUT2D eigenvalue weighted by Gasteiger charge is -2.38. The summed E-state index contributed by atoms with van der Waals surface area (Å²) in [4.78, 5) is 14.2. The van der Waals surface area contributed by atoms with E-state index < -0.39 is 0 Å². The number of anilines is 1. The van der Waals surface area contributed by atoms with Crippen molar-refractivity contribution in [3.63, 3.8) is 0 Å². The van der Waals surface area contributed by atoms with Gasteiger partial charge in [-0.1, -0.05) is 152 Å². The van der Waals surface area contributed by atoms with Crippen molar-refractivity contribution < 1.29 is 0 Å². The molecular formula is C48H35N3S. The average molecular weight is 686 g/mol. The van der Waals surface area contributed by atoms with Crippen LogP contribution < -0.4 is 4.90 Å². The zero-order valence-electron chi connectivity index (χ0n) is 28.8. The van der Waals surface area contributed by atoms with Crippen molar-refractivity contribution in [2.75, 3.05) is 11.9 Å². The molecule has 0 radical (unpaired) electrons. The van der Waals surface area contributed by atoms with E-state index in [1.54, 1.807) is 0 Å². The number of thioether (sulfide) groups is 1. The van der Waals surface area contributed by atoms with Gasteiger partial charge >= 0.3 is 0 Å². The lowest BCUT2D eigenvalue weighted by Crippen LogP contribution is -2.29. The highest BCUT2D eigenvalue weighted by Crippen LogP contribution is 2.59. The fourth-order valence-corrected chi connectivity index (χ4v) is 9.58. The van der Waals surface area contributed by atoms with Gasteiger partial charge < -0.3 is 4.90 Å². The van der Waals surface area contributed by atoms with Crippen LogP contribution in [0.1, 0.15) is 23.6 Å². The van der Waals surface area contributed by atoms with E-state index >= 15 is 0 Å². The van der Waals surface area contributed by atoms with Crippen molar-refractivity contribution in [2.45, 2.75) is 17.7 Å². The largest absolute Gasteiger partial charge is 0.362 e. The van der Waals surface area contributed by atoms with Crippen molar-refractivity contribution in [2.24, 2.45) is 0 Å². The molecule has 1 aromatic heterocycles. The number of hydrogen-bond donors (Lipinski definition) is 0. The first-order valence-corrected chi connectivity index (χ1v) is 18.8. The summed E-state index contributed by atoms with van der Waals surface area (Å²) in [5.74, 6) is 0.724. The summed E-state index contributed by atoms with van der Waals surface area (Å²) in [7, 11) is 2.26. The van der Waals surface area contributed by atoms with Gasteiger partial charge in [0.25, 0.3) is 0 Å². The zero-order valence-corrected chi connectivity index (χ0v) is 29.6. The van der Waals surface area contributed by atoms with Crippen LogP contribution in [0.2, 0.25) is 0 Å². The molecule has 10 rings (SSSR count). The Morgan fingerprint density at radius 2 is 1.17 bits per heavy atom. The van der Waals surface area contributed by atoms with E-state index in [1.807, 2.05) is 18.2 Å². The number of aromatic nitrogens is 2. The van der Waals surface area contributed by atoms with Crippen LogP contribution in [-0.2, 0) is 0 Å². The second-order valence-corrected chi connectivity index (χ2v) is 15.0. The average Bonchev–Trinajstić information content (AvgIpc) is 3.60. The van der Waals surface area contributed by atoms with E-state index in [2.05, 4.69) is 175 Å². The molecule has 2 unspecified atom stereocenters. The minimum atomic E-state index is 0.123. The highest BCUT2D eigenvalue weighted by Gasteiger charge is 2.41. The molecule has 7 aromatic rings. The van der Waals surface area contributed by atoms with Gasteiger partial charge in [-0.3, -0.25) is 0 Å². The van der Waals surface area contributed by atoms with Gasteiger partial charge in [-0.05, 0) is 57.7 Å². The maximum absolute atomic E-state index is 5.13. The van der Waals surface area contributed by atoms with Gasteiger partial charge in [-0.2, -0.15) is 0 Å². The molecule has 0 saturated carbocycles. The summed E-state index contributed by atoms with van der Waals surface area (Å²) in [6.07, 6.45) is 7.96. The second kappa shape index (κ2) is 12.7. The molecular weight excluding hydrogens is 651 g/mol. The molecule has 0 spiro atoms. The molecule has 248 valence electrons. The number of benzene rings is 6. The Morgan fingerprint density at radius 1 is 0.596 bits per heavy atom.